The number of benzene rings is 3. The van der Waals surface area contributed by atoms with Crippen LogP contribution in [0.25, 0.3) is 22.4 Å². The molecule has 4 aromatic rings. The van der Waals surface area contributed by atoms with E-state index in [9.17, 15) is 4.79 Å². The highest BCUT2D eigenvalue weighted by Crippen LogP contribution is 2.27. The SMILES string of the molecule is COc1ccccc1NC(=O)Cn1c(-c2cccc(C)c2)nc2ccccc21. The van der Waals surface area contributed by atoms with Crippen LogP contribution in [0.2, 0.25) is 0 Å². The zero-order chi connectivity index (χ0) is 19.5. The van der Waals surface area contributed by atoms with Gasteiger partial charge in [0.15, 0.2) is 0 Å². The molecular weight excluding hydrogens is 350 g/mol. The van der Waals surface area contributed by atoms with Gasteiger partial charge in [-0.15, -0.1) is 0 Å². The Kier molecular flexibility index (Phi) is 4.81. The average Bonchev–Trinajstić information content (AvgIpc) is 3.07. The molecule has 0 aliphatic rings. The van der Waals surface area contributed by atoms with Crippen molar-refractivity contribution in [2.24, 2.45) is 0 Å². The minimum Gasteiger partial charge on any atom is -0.495 e. The molecule has 140 valence electrons. The number of fused-ring (bicyclic) bond motifs is 1. The number of ether oxygens (including phenoxy) is 1. The van der Waals surface area contributed by atoms with Gasteiger partial charge in [-0.2, -0.15) is 0 Å². The van der Waals surface area contributed by atoms with Crippen LogP contribution in [-0.2, 0) is 11.3 Å². The molecule has 0 bridgehead atoms. The maximum atomic E-state index is 12.8. The van der Waals surface area contributed by atoms with E-state index in [-0.39, 0.29) is 12.5 Å². The first-order chi connectivity index (χ1) is 13.7. The highest BCUT2D eigenvalue weighted by Gasteiger charge is 2.16. The van der Waals surface area contributed by atoms with E-state index in [1.54, 1.807) is 7.11 Å². The van der Waals surface area contributed by atoms with Gasteiger partial charge in [0.2, 0.25) is 5.91 Å². The van der Waals surface area contributed by atoms with E-state index in [1.165, 1.54) is 0 Å². The number of amides is 1. The number of carbonyl (C=O) groups is 1. The second kappa shape index (κ2) is 7.56. The number of aromatic nitrogens is 2. The summed E-state index contributed by atoms with van der Waals surface area (Å²) in [5, 5.41) is 2.94. The zero-order valence-electron chi connectivity index (χ0n) is 15.8. The van der Waals surface area contributed by atoms with E-state index in [2.05, 4.69) is 11.4 Å². The molecule has 0 radical (unpaired) electrons. The number of hydrogen-bond donors (Lipinski definition) is 1. The van der Waals surface area contributed by atoms with Gasteiger partial charge in [0.1, 0.15) is 18.1 Å². The molecule has 3 aromatic carbocycles. The summed E-state index contributed by atoms with van der Waals surface area (Å²) in [6.45, 7) is 2.20. The normalized spacial score (nSPS) is 10.8. The van der Waals surface area contributed by atoms with E-state index in [0.29, 0.717) is 11.4 Å². The Bertz CT molecular complexity index is 1150. The van der Waals surface area contributed by atoms with E-state index in [4.69, 9.17) is 9.72 Å². The largest absolute Gasteiger partial charge is 0.495 e. The zero-order valence-corrected chi connectivity index (χ0v) is 15.8. The average molecular weight is 371 g/mol. The fraction of sp³-hybridized carbons (Fsp3) is 0.130. The van der Waals surface area contributed by atoms with Crippen molar-refractivity contribution in [2.75, 3.05) is 12.4 Å². The van der Waals surface area contributed by atoms with E-state index < -0.39 is 0 Å². The Morgan fingerprint density at radius 1 is 1.04 bits per heavy atom. The fourth-order valence-electron chi connectivity index (χ4n) is 3.32. The number of anilines is 1. The smallest absolute Gasteiger partial charge is 0.244 e. The number of nitrogens with one attached hydrogen (secondary N) is 1. The van der Waals surface area contributed by atoms with Crippen LogP contribution in [0.3, 0.4) is 0 Å². The third-order valence-corrected chi connectivity index (χ3v) is 4.61. The molecule has 0 spiro atoms. The molecule has 1 amide bonds. The van der Waals surface area contributed by atoms with Crippen LogP contribution in [0.15, 0.2) is 72.8 Å². The first-order valence-corrected chi connectivity index (χ1v) is 9.11. The van der Waals surface area contributed by atoms with Gasteiger partial charge in [-0.25, -0.2) is 4.98 Å². The number of aryl methyl sites for hydroxylation is 1. The van der Waals surface area contributed by atoms with Gasteiger partial charge in [0, 0.05) is 5.56 Å². The molecule has 5 nitrogen and oxygen atoms in total. The number of methoxy groups -OCH3 is 1. The second-order valence-corrected chi connectivity index (χ2v) is 6.63. The first-order valence-electron chi connectivity index (χ1n) is 9.11. The molecule has 1 heterocycles. The second-order valence-electron chi connectivity index (χ2n) is 6.63. The molecule has 4 rings (SSSR count). The topological polar surface area (TPSA) is 56.1 Å². The summed E-state index contributed by atoms with van der Waals surface area (Å²) >= 11 is 0. The lowest BCUT2D eigenvalue weighted by Crippen LogP contribution is -2.19. The molecule has 5 heteroatoms. The van der Waals surface area contributed by atoms with Crippen molar-refractivity contribution < 1.29 is 9.53 Å². The third kappa shape index (κ3) is 3.47. The lowest BCUT2D eigenvalue weighted by atomic mass is 10.1. The maximum absolute atomic E-state index is 12.8. The van der Waals surface area contributed by atoms with Crippen molar-refractivity contribution in [1.82, 2.24) is 9.55 Å². The van der Waals surface area contributed by atoms with Crippen LogP contribution in [0.1, 0.15) is 5.56 Å². The Morgan fingerprint density at radius 2 is 1.82 bits per heavy atom. The first kappa shape index (κ1) is 17.8. The Hall–Kier alpha value is -3.60. The van der Waals surface area contributed by atoms with E-state index >= 15 is 0 Å². The Balaban J connectivity index is 1.71. The van der Waals surface area contributed by atoms with Crippen LogP contribution in [0, 0.1) is 6.92 Å². The van der Waals surface area contributed by atoms with Crippen LogP contribution < -0.4 is 10.1 Å². The minimum absolute atomic E-state index is 0.137. The quantitative estimate of drug-likeness (QED) is 0.555. The number of carbonyl (C=O) groups excluding carboxylic acids is 1. The highest BCUT2D eigenvalue weighted by atomic mass is 16.5. The fourth-order valence-corrected chi connectivity index (χ4v) is 3.32. The van der Waals surface area contributed by atoms with Crippen LogP contribution in [-0.4, -0.2) is 22.6 Å². The summed E-state index contributed by atoms with van der Waals surface area (Å²) < 4.78 is 7.28. The standard InChI is InChI=1S/C23H21N3O2/c1-16-8-7-9-17(14-16)23-25-18-10-3-5-12-20(18)26(23)15-22(27)24-19-11-4-6-13-21(19)28-2/h3-14H,15H2,1-2H3,(H,24,27). The summed E-state index contributed by atoms with van der Waals surface area (Å²) in [5.74, 6) is 1.27. The molecule has 0 unspecified atom stereocenters. The lowest BCUT2D eigenvalue weighted by molar-refractivity contribution is -0.116. The monoisotopic (exact) mass is 371 g/mol. The van der Waals surface area contributed by atoms with Gasteiger partial charge >= 0.3 is 0 Å². The van der Waals surface area contributed by atoms with E-state index in [0.717, 1.165) is 28.0 Å². The molecule has 1 N–H and O–H groups in total. The molecule has 0 atom stereocenters. The molecule has 0 aliphatic carbocycles. The summed E-state index contributed by atoms with van der Waals surface area (Å²) in [6.07, 6.45) is 0. The van der Waals surface area contributed by atoms with Crippen molar-refractivity contribution in [3.05, 3.63) is 78.4 Å². The van der Waals surface area contributed by atoms with E-state index in [1.807, 2.05) is 78.2 Å². The molecule has 0 fully saturated rings. The third-order valence-electron chi connectivity index (χ3n) is 4.61. The molecule has 0 saturated carbocycles. The van der Waals surface area contributed by atoms with Crippen molar-refractivity contribution in [3.63, 3.8) is 0 Å². The predicted octanol–water partition coefficient (Wildman–Crippen LogP) is 4.66. The number of imidazole rings is 1. The summed E-state index contributed by atoms with van der Waals surface area (Å²) in [5.41, 5.74) is 4.57. The van der Waals surface area contributed by atoms with Crippen molar-refractivity contribution in [2.45, 2.75) is 13.5 Å². The summed E-state index contributed by atoms with van der Waals surface area (Å²) in [6, 6.07) is 23.4. The van der Waals surface area contributed by atoms with Crippen LogP contribution >= 0.6 is 0 Å². The van der Waals surface area contributed by atoms with Gasteiger partial charge in [0.25, 0.3) is 0 Å². The lowest BCUT2D eigenvalue weighted by Gasteiger charge is -2.12. The van der Waals surface area contributed by atoms with Gasteiger partial charge in [-0.3, -0.25) is 4.79 Å². The van der Waals surface area contributed by atoms with Crippen LogP contribution in [0.5, 0.6) is 5.75 Å². The Morgan fingerprint density at radius 3 is 2.64 bits per heavy atom. The molecule has 28 heavy (non-hydrogen) atoms. The number of rotatable bonds is 5. The maximum Gasteiger partial charge on any atom is 0.244 e. The number of nitrogens with zero attached hydrogens (tertiary/aromatic N) is 2. The van der Waals surface area contributed by atoms with Gasteiger partial charge in [0.05, 0.1) is 23.8 Å². The van der Waals surface area contributed by atoms with Gasteiger partial charge in [-0.05, 0) is 37.3 Å². The number of hydrogen-bond acceptors (Lipinski definition) is 3. The molecular formula is C23H21N3O2. The van der Waals surface area contributed by atoms with Crippen LogP contribution in [0.4, 0.5) is 5.69 Å². The Labute approximate surface area is 163 Å². The molecule has 0 aliphatic heterocycles. The van der Waals surface area contributed by atoms with Crippen molar-refractivity contribution in [3.8, 4) is 17.1 Å². The van der Waals surface area contributed by atoms with Crippen molar-refractivity contribution in [1.29, 1.82) is 0 Å². The van der Waals surface area contributed by atoms with Gasteiger partial charge < -0.3 is 14.6 Å². The summed E-state index contributed by atoms with van der Waals surface area (Å²) in [4.78, 5) is 17.6. The van der Waals surface area contributed by atoms with Crippen molar-refractivity contribution >= 4 is 22.6 Å². The summed E-state index contributed by atoms with van der Waals surface area (Å²) in [7, 11) is 1.59. The minimum atomic E-state index is -0.137. The molecule has 0 saturated heterocycles. The predicted molar refractivity (Wildman–Crippen MR) is 112 cm³/mol. The highest BCUT2D eigenvalue weighted by molar-refractivity contribution is 5.94. The number of para-hydroxylation sites is 4. The van der Waals surface area contributed by atoms with Gasteiger partial charge in [-0.1, -0.05) is 48.0 Å². The molecule has 1 aromatic heterocycles.